The van der Waals surface area contributed by atoms with Crippen molar-refractivity contribution in [1.82, 2.24) is 0 Å². The first kappa shape index (κ1) is 18.8. The molecule has 138 valence electrons. The van der Waals surface area contributed by atoms with Crippen molar-refractivity contribution in [2.45, 2.75) is 18.9 Å². The quantitative estimate of drug-likeness (QED) is 0.758. The summed E-state index contributed by atoms with van der Waals surface area (Å²) in [5, 5.41) is 9.79. The highest BCUT2D eigenvalue weighted by Crippen LogP contribution is 2.28. The van der Waals surface area contributed by atoms with E-state index < -0.39 is 5.92 Å². The van der Waals surface area contributed by atoms with Crippen LogP contribution in [0.15, 0.2) is 42.5 Å². The van der Waals surface area contributed by atoms with Crippen LogP contribution in [0, 0.1) is 17.7 Å². The molecule has 2 aromatic carbocycles. The van der Waals surface area contributed by atoms with Gasteiger partial charge in [-0.3, -0.25) is 4.79 Å². The largest absolute Gasteiger partial charge is 0.465 e. The van der Waals surface area contributed by atoms with E-state index in [1.54, 1.807) is 6.07 Å². The highest BCUT2D eigenvalue weighted by atomic mass is 35.5. The number of carbonyl (C=O) groups excluding carboxylic acids is 1. The summed E-state index contributed by atoms with van der Waals surface area (Å²) in [4.78, 5) is 11.5. The Morgan fingerprint density at radius 3 is 2.69 bits per heavy atom. The second-order valence-corrected chi connectivity index (χ2v) is 7.14. The fourth-order valence-electron chi connectivity index (χ4n) is 3.37. The summed E-state index contributed by atoms with van der Waals surface area (Å²) < 4.78 is 19.0. The van der Waals surface area contributed by atoms with E-state index in [4.69, 9.17) is 22.1 Å². The molecule has 3 rings (SSSR count). The van der Waals surface area contributed by atoms with E-state index in [-0.39, 0.29) is 30.4 Å². The number of hydrogen-bond donors (Lipinski definition) is 2. The highest BCUT2D eigenvalue weighted by molar-refractivity contribution is 6.30. The van der Waals surface area contributed by atoms with E-state index in [1.165, 1.54) is 12.1 Å². The van der Waals surface area contributed by atoms with Gasteiger partial charge in [-0.2, -0.15) is 0 Å². The molecule has 1 fully saturated rings. The molecule has 1 saturated heterocycles. The lowest BCUT2D eigenvalue weighted by Crippen LogP contribution is -2.30. The van der Waals surface area contributed by atoms with Crippen LogP contribution in [0.4, 0.5) is 4.39 Å². The first-order valence-electron chi connectivity index (χ1n) is 8.55. The third-order valence-electron chi connectivity index (χ3n) is 4.80. The minimum Gasteiger partial charge on any atom is -0.465 e. The van der Waals surface area contributed by atoms with Crippen LogP contribution in [0.2, 0.25) is 5.02 Å². The molecule has 3 atom stereocenters. The summed E-state index contributed by atoms with van der Waals surface area (Å²) >= 11 is 5.95. The molecule has 1 aliphatic heterocycles. The van der Waals surface area contributed by atoms with Gasteiger partial charge in [-0.25, -0.2) is 4.39 Å². The lowest BCUT2D eigenvalue weighted by Gasteiger charge is -2.18. The van der Waals surface area contributed by atoms with Gasteiger partial charge < -0.3 is 15.6 Å². The SMILES string of the molecule is N[C@H](Cc1ccc(-c2cc(Cl)ccc2F)cc1)CC1COC(=O)C1CO. The lowest BCUT2D eigenvalue weighted by molar-refractivity contribution is -0.142. The molecule has 0 amide bonds. The molecular weight excluding hydrogens is 357 g/mol. The average molecular weight is 378 g/mol. The van der Waals surface area contributed by atoms with Gasteiger partial charge in [0.15, 0.2) is 0 Å². The number of benzene rings is 2. The Balaban J connectivity index is 1.64. The average Bonchev–Trinajstić information content (AvgIpc) is 2.97. The number of nitrogens with two attached hydrogens (primary N) is 1. The molecule has 2 unspecified atom stereocenters. The number of aliphatic hydroxyl groups is 1. The second kappa shape index (κ2) is 8.16. The molecule has 0 bridgehead atoms. The van der Waals surface area contributed by atoms with Crippen molar-refractivity contribution in [3.05, 3.63) is 58.9 Å². The number of ether oxygens (including phenoxy) is 1. The zero-order chi connectivity index (χ0) is 18.7. The minimum atomic E-state index is -0.478. The third kappa shape index (κ3) is 4.23. The number of rotatable bonds is 6. The second-order valence-electron chi connectivity index (χ2n) is 6.70. The third-order valence-corrected chi connectivity index (χ3v) is 5.04. The van der Waals surface area contributed by atoms with Crippen LogP contribution in [0.5, 0.6) is 0 Å². The fraction of sp³-hybridized carbons (Fsp3) is 0.350. The van der Waals surface area contributed by atoms with Crippen molar-refractivity contribution in [3.8, 4) is 11.1 Å². The zero-order valence-corrected chi connectivity index (χ0v) is 15.0. The van der Waals surface area contributed by atoms with Crippen LogP contribution in [-0.4, -0.2) is 30.3 Å². The van der Waals surface area contributed by atoms with Gasteiger partial charge in [-0.1, -0.05) is 35.9 Å². The summed E-state index contributed by atoms with van der Waals surface area (Å²) in [5.74, 6) is -1.20. The number of carbonyl (C=O) groups is 1. The van der Waals surface area contributed by atoms with Crippen molar-refractivity contribution in [3.63, 3.8) is 0 Å². The van der Waals surface area contributed by atoms with E-state index in [9.17, 15) is 14.3 Å². The topological polar surface area (TPSA) is 72.5 Å². The van der Waals surface area contributed by atoms with Crippen molar-refractivity contribution in [2.75, 3.05) is 13.2 Å². The van der Waals surface area contributed by atoms with Gasteiger partial charge in [-0.05, 0) is 42.2 Å². The van der Waals surface area contributed by atoms with Gasteiger partial charge >= 0.3 is 5.97 Å². The fourth-order valence-corrected chi connectivity index (χ4v) is 3.55. The van der Waals surface area contributed by atoms with Crippen LogP contribution in [0.25, 0.3) is 11.1 Å². The Hall–Kier alpha value is -1.95. The van der Waals surface area contributed by atoms with Crippen molar-refractivity contribution in [2.24, 2.45) is 17.6 Å². The standard InChI is InChI=1S/C20H21ClFNO3/c21-15-5-6-19(22)17(9-15)13-3-1-12(2-4-13)7-16(23)8-14-11-26-20(25)18(14)10-24/h1-6,9,14,16,18,24H,7-8,10-11,23H2/t14?,16-,18?/m1/s1. The normalized spacial score (nSPS) is 20.8. The number of cyclic esters (lactones) is 1. The maximum absolute atomic E-state index is 14.0. The molecule has 0 aromatic heterocycles. The Morgan fingerprint density at radius 2 is 2.00 bits per heavy atom. The van der Waals surface area contributed by atoms with E-state index in [0.717, 1.165) is 11.1 Å². The molecule has 1 heterocycles. The van der Waals surface area contributed by atoms with Gasteiger partial charge in [0, 0.05) is 22.5 Å². The first-order valence-corrected chi connectivity index (χ1v) is 8.93. The molecule has 0 aliphatic carbocycles. The van der Waals surface area contributed by atoms with Gasteiger partial charge in [0.05, 0.1) is 19.1 Å². The number of halogens is 2. The van der Waals surface area contributed by atoms with Crippen LogP contribution >= 0.6 is 11.6 Å². The maximum Gasteiger partial charge on any atom is 0.311 e. The molecule has 0 spiro atoms. The summed E-state index contributed by atoms with van der Waals surface area (Å²) in [6.45, 7) is 0.0981. The molecule has 3 N–H and O–H groups in total. The molecule has 0 radical (unpaired) electrons. The number of aliphatic hydroxyl groups excluding tert-OH is 1. The minimum absolute atomic E-state index is 0.0534. The Morgan fingerprint density at radius 1 is 1.27 bits per heavy atom. The number of esters is 1. The van der Waals surface area contributed by atoms with E-state index >= 15 is 0 Å². The molecule has 0 saturated carbocycles. The predicted octanol–water partition coefficient (Wildman–Crippen LogP) is 3.19. The molecule has 1 aliphatic rings. The molecule has 2 aromatic rings. The van der Waals surface area contributed by atoms with E-state index in [2.05, 4.69) is 0 Å². The summed E-state index contributed by atoms with van der Waals surface area (Å²) in [7, 11) is 0. The summed E-state index contributed by atoms with van der Waals surface area (Å²) in [6, 6.07) is 11.8. The molecule has 26 heavy (non-hydrogen) atoms. The van der Waals surface area contributed by atoms with Gasteiger partial charge in [0.25, 0.3) is 0 Å². The van der Waals surface area contributed by atoms with Gasteiger partial charge in [0.1, 0.15) is 5.82 Å². The van der Waals surface area contributed by atoms with E-state index in [1.807, 2.05) is 24.3 Å². The van der Waals surface area contributed by atoms with Crippen LogP contribution < -0.4 is 5.73 Å². The first-order chi connectivity index (χ1) is 12.5. The Kier molecular flexibility index (Phi) is 5.91. The Labute approximate surface area is 156 Å². The maximum atomic E-state index is 14.0. The van der Waals surface area contributed by atoms with Crippen LogP contribution in [-0.2, 0) is 16.0 Å². The smallest absolute Gasteiger partial charge is 0.311 e. The lowest BCUT2D eigenvalue weighted by atomic mass is 9.88. The number of hydrogen-bond acceptors (Lipinski definition) is 4. The van der Waals surface area contributed by atoms with Gasteiger partial charge in [0.2, 0.25) is 0 Å². The molecule has 4 nitrogen and oxygen atoms in total. The monoisotopic (exact) mass is 377 g/mol. The zero-order valence-electron chi connectivity index (χ0n) is 14.2. The summed E-state index contributed by atoms with van der Waals surface area (Å²) in [6.07, 6.45) is 1.22. The Bertz CT molecular complexity index is 781. The molecular formula is C20H21ClFNO3. The predicted molar refractivity (Wildman–Crippen MR) is 98.2 cm³/mol. The van der Waals surface area contributed by atoms with E-state index in [0.29, 0.717) is 30.0 Å². The van der Waals surface area contributed by atoms with Crippen molar-refractivity contribution >= 4 is 17.6 Å². The van der Waals surface area contributed by atoms with Crippen LogP contribution in [0.1, 0.15) is 12.0 Å². The highest BCUT2D eigenvalue weighted by Gasteiger charge is 2.36. The van der Waals surface area contributed by atoms with Crippen molar-refractivity contribution < 1.29 is 19.0 Å². The van der Waals surface area contributed by atoms with Crippen LogP contribution in [0.3, 0.4) is 0 Å². The molecule has 6 heteroatoms. The van der Waals surface area contributed by atoms with Gasteiger partial charge in [-0.15, -0.1) is 0 Å². The summed E-state index contributed by atoms with van der Waals surface area (Å²) in [5.41, 5.74) is 8.44. The van der Waals surface area contributed by atoms with Crippen molar-refractivity contribution in [1.29, 1.82) is 0 Å².